The van der Waals surface area contributed by atoms with Crippen LogP contribution in [0.25, 0.3) is 0 Å². The molecule has 0 aliphatic carbocycles. The number of benzene rings is 3. The number of likely N-dealkylation sites (tertiary alicyclic amines) is 1. The van der Waals surface area contributed by atoms with E-state index in [2.05, 4.69) is 60.4 Å². The lowest BCUT2D eigenvalue weighted by atomic mass is 9.86. The van der Waals surface area contributed by atoms with Gasteiger partial charge in [-0.05, 0) is 104 Å². The summed E-state index contributed by atoms with van der Waals surface area (Å²) in [7, 11) is 3.77. The van der Waals surface area contributed by atoms with Crippen LogP contribution in [0.5, 0.6) is 0 Å². The predicted octanol–water partition coefficient (Wildman–Crippen LogP) is 6.62. The summed E-state index contributed by atoms with van der Waals surface area (Å²) in [5.41, 5.74) is 4.96. The topological polar surface area (TPSA) is 26.8 Å². The molecular formula is C28H32ClN3OS. The van der Waals surface area contributed by atoms with Crippen molar-refractivity contribution in [3.05, 3.63) is 88.4 Å². The van der Waals surface area contributed by atoms with Crippen molar-refractivity contribution in [2.45, 2.75) is 42.0 Å². The van der Waals surface area contributed by atoms with Crippen LogP contribution in [0.4, 0.5) is 5.69 Å². The van der Waals surface area contributed by atoms with Crippen molar-refractivity contribution in [3.8, 4) is 0 Å². The highest BCUT2D eigenvalue weighted by molar-refractivity contribution is 7.99. The van der Waals surface area contributed by atoms with E-state index in [1.165, 1.54) is 26.5 Å². The number of halogens is 1. The Balaban J connectivity index is 1.33. The second kappa shape index (κ2) is 11.4. The van der Waals surface area contributed by atoms with Crippen molar-refractivity contribution < 1.29 is 4.79 Å². The molecule has 1 fully saturated rings. The summed E-state index contributed by atoms with van der Waals surface area (Å²) in [5.74, 6) is 0.532. The van der Waals surface area contributed by atoms with E-state index in [4.69, 9.17) is 11.6 Å². The van der Waals surface area contributed by atoms with E-state index in [9.17, 15) is 4.79 Å². The zero-order valence-electron chi connectivity index (χ0n) is 20.1. The van der Waals surface area contributed by atoms with Gasteiger partial charge in [0, 0.05) is 35.5 Å². The first-order valence-electron chi connectivity index (χ1n) is 11.7. The number of aryl methyl sites for hydroxylation is 1. The summed E-state index contributed by atoms with van der Waals surface area (Å²) >= 11 is 7.74. The molecule has 4 nitrogen and oxygen atoms in total. The van der Waals surface area contributed by atoms with Gasteiger partial charge in [0.05, 0.1) is 5.69 Å². The number of hydrogen-bond donors (Lipinski definition) is 0. The molecule has 6 heteroatoms. The number of amides is 1. The zero-order valence-corrected chi connectivity index (χ0v) is 21.6. The molecule has 0 radical (unpaired) electrons. The SMILES string of the molecule is Cc1ccc(N(C=O)N(C)C)cc1C1CCN(Cc2ccc(Sc3ccc(Cl)cc3)cc2)CC1. The number of anilines is 1. The van der Waals surface area contributed by atoms with Crippen molar-refractivity contribution >= 4 is 35.5 Å². The highest BCUT2D eigenvalue weighted by Crippen LogP contribution is 2.34. The van der Waals surface area contributed by atoms with Crippen LogP contribution < -0.4 is 5.01 Å². The van der Waals surface area contributed by atoms with Crippen LogP contribution in [0.2, 0.25) is 5.02 Å². The van der Waals surface area contributed by atoms with Gasteiger partial charge in [-0.1, -0.05) is 41.6 Å². The molecule has 178 valence electrons. The minimum Gasteiger partial charge on any atom is -0.299 e. The van der Waals surface area contributed by atoms with Gasteiger partial charge in [-0.15, -0.1) is 0 Å². The standard InChI is InChI=1S/C28H32ClN3OS/c1-21-4-9-25(32(20-33)30(2)3)18-28(21)23-14-16-31(17-15-23)19-22-5-10-26(11-6-22)34-27-12-7-24(29)8-13-27/h4-13,18,20,23H,14-17,19H2,1-3H3. The molecule has 0 unspecified atom stereocenters. The van der Waals surface area contributed by atoms with E-state index in [1.807, 2.05) is 37.3 Å². The Labute approximate surface area is 212 Å². The molecule has 0 aromatic heterocycles. The third-order valence-electron chi connectivity index (χ3n) is 6.46. The Morgan fingerprint density at radius 2 is 1.59 bits per heavy atom. The molecule has 0 spiro atoms. The average molecular weight is 494 g/mol. The number of carbonyl (C=O) groups is 1. The summed E-state index contributed by atoms with van der Waals surface area (Å²) in [5, 5.41) is 4.22. The van der Waals surface area contributed by atoms with Gasteiger partial charge in [0.2, 0.25) is 6.41 Å². The highest BCUT2D eigenvalue weighted by Gasteiger charge is 2.23. The number of carbonyl (C=O) groups excluding carboxylic acids is 1. The van der Waals surface area contributed by atoms with E-state index < -0.39 is 0 Å². The summed E-state index contributed by atoms with van der Waals surface area (Å²) in [6, 6.07) is 23.2. The second-order valence-electron chi connectivity index (χ2n) is 9.09. The maximum absolute atomic E-state index is 11.5. The highest BCUT2D eigenvalue weighted by atomic mass is 35.5. The molecule has 1 aliphatic heterocycles. The zero-order chi connectivity index (χ0) is 24.1. The molecule has 3 aromatic rings. The quantitative estimate of drug-likeness (QED) is 0.260. The number of piperidine rings is 1. The first kappa shape index (κ1) is 24.8. The van der Waals surface area contributed by atoms with Gasteiger partial charge in [0.15, 0.2) is 0 Å². The molecule has 0 bridgehead atoms. The third kappa shape index (κ3) is 6.22. The van der Waals surface area contributed by atoms with Gasteiger partial charge in [-0.2, -0.15) is 0 Å². The van der Waals surface area contributed by atoms with Gasteiger partial charge in [0.1, 0.15) is 0 Å². The van der Waals surface area contributed by atoms with Gasteiger partial charge < -0.3 is 0 Å². The van der Waals surface area contributed by atoms with Crippen molar-refractivity contribution in [2.75, 3.05) is 32.2 Å². The number of hydrogen-bond acceptors (Lipinski definition) is 4. The van der Waals surface area contributed by atoms with Crippen molar-refractivity contribution in [1.82, 2.24) is 9.91 Å². The number of rotatable bonds is 8. The Bertz CT molecular complexity index is 1090. The van der Waals surface area contributed by atoms with Crippen LogP contribution in [0.1, 0.15) is 35.4 Å². The molecule has 34 heavy (non-hydrogen) atoms. The fraction of sp³-hybridized carbons (Fsp3) is 0.321. The third-order valence-corrected chi connectivity index (χ3v) is 7.73. The van der Waals surface area contributed by atoms with E-state index in [-0.39, 0.29) is 0 Å². The smallest absolute Gasteiger partial charge is 0.228 e. The van der Waals surface area contributed by atoms with Crippen LogP contribution >= 0.6 is 23.4 Å². The fourth-order valence-corrected chi connectivity index (χ4v) is 5.50. The first-order valence-corrected chi connectivity index (χ1v) is 12.9. The molecule has 0 saturated carbocycles. The largest absolute Gasteiger partial charge is 0.299 e. The molecule has 1 amide bonds. The molecule has 1 heterocycles. The van der Waals surface area contributed by atoms with Gasteiger partial charge in [-0.25, -0.2) is 10.0 Å². The summed E-state index contributed by atoms with van der Waals surface area (Å²) in [4.78, 5) is 16.5. The summed E-state index contributed by atoms with van der Waals surface area (Å²) < 4.78 is 0. The van der Waals surface area contributed by atoms with E-state index >= 15 is 0 Å². The van der Waals surface area contributed by atoms with Crippen molar-refractivity contribution in [2.24, 2.45) is 0 Å². The van der Waals surface area contributed by atoms with E-state index in [0.717, 1.165) is 49.6 Å². The lowest BCUT2D eigenvalue weighted by molar-refractivity contribution is -0.109. The fourth-order valence-electron chi connectivity index (χ4n) is 4.56. The monoisotopic (exact) mass is 493 g/mol. The predicted molar refractivity (Wildman–Crippen MR) is 143 cm³/mol. The maximum Gasteiger partial charge on any atom is 0.228 e. The van der Waals surface area contributed by atoms with E-state index in [0.29, 0.717) is 5.92 Å². The Morgan fingerprint density at radius 3 is 2.18 bits per heavy atom. The first-order chi connectivity index (χ1) is 16.4. The molecule has 0 N–H and O–H groups in total. The Morgan fingerprint density at radius 1 is 0.971 bits per heavy atom. The maximum atomic E-state index is 11.5. The van der Waals surface area contributed by atoms with Crippen LogP contribution in [-0.4, -0.2) is 43.5 Å². The molecular weight excluding hydrogens is 462 g/mol. The minimum atomic E-state index is 0.532. The molecule has 0 atom stereocenters. The van der Waals surface area contributed by atoms with E-state index in [1.54, 1.807) is 16.8 Å². The lowest BCUT2D eigenvalue weighted by Crippen LogP contribution is -2.36. The van der Waals surface area contributed by atoms with Crippen molar-refractivity contribution in [3.63, 3.8) is 0 Å². The van der Waals surface area contributed by atoms with Crippen LogP contribution in [0.3, 0.4) is 0 Å². The van der Waals surface area contributed by atoms with Crippen LogP contribution in [-0.2, 0) is 11.3 Å². The van der Waals surface area contributed by atoms with Crippen molar-refractivity contribution in [1.29, 1.82) is 0 Å². The molecule has 1 saturated heterocycles. The minimum absolute atomic E-state index is 0.532. The van der Waals surface area contributed by atoms with Gasteiger partial charge in [0.25, 0.3) is 0 Å². The normalized spacial score (nSPS) is 15.0. The van der Waals surface area contributed by atoms with Crippen LogP contribution in [0.15, 0.2) is 76.5 Å². The second-order valence-corrected chi connectivity index (χ2v) is 10.7. The Hall–Kier alpha value is -2.31. The molecule has 1 aliphatic rings. The molecule has 4 rings (SSSR count). The number of hydrazine groups is 1. The summed E-state index contributed by atoms with van der Waals surface area (Å²) in [6.45, 7) is 5.33. The Kier molecular flexibility index (Phi) is 8.32. The average Bonchev–Trinajstić information content (AvgIpc) is 2.84. The van der Waals surface area contributed by atoms with Gasteiger partial charge in [-0.3, -0.25) is 9.69 Å². The lowest BCUT2D eigenvalue weighted by Gasteiger charge is -2.33. The number of nitrogens with zero attached hydrogens (tertiary/aromatic N) is 3. The summed E-state index contributed by atoms with van der Waals surface area (Å²) in [6.07, 6.45) is 3.14. The molecule has 3 aromatic carbocycles. The van der Waals surface area contributed by atoms with Gasteiger partial charge >= 0.3 is 0 Å². The van der Waals surface area contributed by atoms with Crippen LogP contribution in [0, 0.1) is 6.92 Å².